The van der Waals surface area contributed by atoms with Crippen LogP contribution in [-0.4, -0.2) is 12.0 Å². The number of halogens is 1. The first-order valence-electron chi connectivity index (χ1n) is 5.75. The fourth-order valence-corrected chi connectivity index (χ4v) is 2.04. The van der Waals surface area contributed by atoms with Gasteiger partial charge in [-0.3, -0.25) is 4.98 Å². The van der Waals surface area contributed by atoms with E-state index in [0.29, 0.717) is 17.3 Å². The third-order valence-electron chi connectivity index (χ3n) is 2.79. The number of nitrogen functional groups attached to an aromatic ring is 1. The molecule has 0 fully saturated rings. The first kappa shape index (κ1) is 12.7. The fraction of sp³-hybridized carbons (Fsp3) is 0.214. The van der Waals surface area contributed by atoms with E-state index >= 15 is 0 Å². The average molecular weight is 262 g/mol. The fourth-order valence-electron chi connectivity index (χ4n) is 1.87. The molecular formula is C14H16ClN3. The van der Waals surface area contributed by atoms with Crippen molar-refractivity contribution in [2.24, 2.45) is 0 Å². The molecule has 0 radical (unpaired) electrons. The molecule has 3 nitrogen and oxygen atoms in total. The van der Waals surface area contributed by atoms with Crippen LogP contribution in [0.4, 0.5) is 11.4 Å². The predicted molar refractivity (Wildman–Crippen MR) is 76.9 cm³/mol. The summed E-state index contributed by atoms with van der Waals surface area (Å²) in [6.07, 6.45) is 0. The molecule has 18 heavy (non-hydrogen) atoms. The van der Waals surface area contributed by atoms with Crippen LogP contribution in [0.5, 0.6) is 0 Å². The lowest BCUT2D eigenvalue weighted by molar-refractivity contribution is 0.878. The highest BCUT2D eigenvalue weighted by Crippen LogP contribution is 2.29. The summed E-state index contributed by atoms with van der Waals surface area (Å²) < 4.78 is 0. The minimum atomic E-state index is 0.580. The maximum absolute atomic E-state index is 6.02. The molecule has 1 aromatic heterocycles. The van der Waals surface area contributed by atoms with Crippen molar-refractivity contribution in [1.82, 2.24) is 4.98 Å². The molecule has 4 heteroatoms. The molecule has 0 aliphatic rings. The van der Waals surface area contributed by atoms with Crippen LogP contribution in [0.1, 0.15) is 11.4 Å². The van der Waals surface area contributed by atoms with E-state index < -0.39 is 0 Å². The Morgan fingerprint density at radius 2 is 1.94 bits per heavy atom. The van der Waals surface area contributed by atoms with E-state index in [9.17, 15) is 0 Å². The van der Waals surface area contributed by atoms with Gasteiger partial charge in [0, 0.05) is 12.7 Å². The molecule has 0 aliphatic carbocycles. The van der Waals surface area contributed by atoms with Crippen molar-refractivity contribution >= 4 is 23.0 Å². The van der Waals surface area contributed by atoms with E-state index in [1.165, 1.54) is 0 Å². The molecule has 0 amide bonds. The molecule has 1 heterocycles. The van der Waals surface area contributed by atoms with E-state index in [1.807, 2.05) is 49.2 Å². The van der Waals surface area contributed by atoms with Gasteiger partial charge < -0.3 is 10.6 Å². The Bertz CT molecular complexity index is 554. The van der Waals surface area contributed by atoms with Crippen molar-refractivity contribution < 1.29 is 0 Å². The van der Waals surface area contributed by atoms with Crippen LogP contribution >= 0.6 is 11.6 Å². The van der Waals surface area contributed by atoms with Crippen molar-refractivity contribution in [3.8, 4) is 0 Å². The third kappa shape index (κ3) is 2.74. The van der Waals surface area contributed by atoms with Gasteiger partial charge in [-0.2, -0.15) is 0 Å². The Morgan fingerprint density at radius 1 is 1.22 bits per heavy atom. The standard InChI is InChI=1S/C14H16ClN3/c1-10-5-3-6-11(17-10)9-18(2)13-8-4-7-12(15)14(13)16/h3-8H,9,16H2,1-2H3. The van der Waals surface area contributed by atoms with Gasteiger partial charge in [-0.25, -0.2) is 0 Å². The summed E-state index contributed by atoms with van der Waals surface area (Å²) in [5, 5.41) is 0.580. The maximum Gasteiger partial charge on any atom is 0.0741 e. The van der Waals surface area contributed by atoms with Crippen LogP contribution in [0.3, 0.4) is 0 Å². The Morgan fingerprint density at radius 3 is 2.67 bits per heavy atom. The van der Waals surface area contributed by atoms with Gasteiger partial charge in [0.15, 0.2) is 0 Å². The van der Waals surface area contributed by atoms with Crippen LogP contribution in [0.25, 0.3) is 0 Å². The highest BCUT2D eigenvalue weighted by atomic mass is 35.5. The van der Waals surface area contributed by atoms with E-state index in [0.717, 1.165) is 17.1 Å². The van der Waals surface area contributed by atoms with Crippen LogP contribution in [-0.2, 0) is 6.54 Å². The summed E-state index contributed by atoms with van der Waals surface area (Å²) >= 11 is 6.02. The number of nitrogens with zero attached hydrogens (tertiary/aromatic N) is 2. The lowest BCUT2D eigenvalue weighted by atomic mass is 10.2. The summed E-state index contributed by atoms with van der Waals surface area (Å²) in [6.45, 7) is 2.68. The zero-order valence-corrected chi connectivity index (χ0v) is 11.3. The highest BCUT2D eigenvalue weighted by molar-refractivity contribution is 6.33. The van der Waals surface area contributed by atoms with Gasteiger partial charge >= 0.3 is 0 Å². The monoisotopic (exact) mass is 261 g/mol. The second kappa shape index (κ2) is 5.27. The maximum atomic E-state index is 6.02. The van der Waals surface area contributed by atoms with E-state index in [1.54, 1.807) is 6.07 Å². The molecule has 2 aromatic rings. The second-order valence-corrected chi connectivity index (χ2v) is 4.71. The van der Waals surface area contributed by atoms with E-state index in [-0.39, 0.29) is 0 Å². The zero-order valence-electron chi connectivity index (χ0n) is 10.5. The quantitative estimate of drug-likeness (QED) is 0.863. The summed E-state index contributed by atoms with van der Waals surface area (Å²) in [6, 6.07) is 11.6. The molecule has 0 bridgehead atoms. The minimum Gasteiger partial charge on any atom is -0.396 e. The summed E-state index contributed by atoms with van der Waals surface area (Å²) in [4.78, 5) is 6.52. The molecule has 0 unspecified atom stereocenters. The Balaban J connectivity index is 2.22. The van der Waals surface area contributed by atoms with Crippen LogP contribution in [0, 0.1) is 6.92 Å². The van der Waals surface area contributed by atoms with Crippen LogP contribution < -0.4 is 10.6 Å². The molecule has 0 aliphatic heterocycles. The molecule has 2 rings (SSSR count). The largest absolute Gasteiger partial charge is 0.396 e. The lowest BCUT2D eigenvalue weighted by Gasteiger charge is -2.21. The number of pyridine rings is 1. The molecule has 0 saturated heterocycles. The normalized spacial score (nSPS) is 10.4. The topological polar surface area (TPSA) is 42.1 Å². The number of rotatable bonds is 3. The SMILES string of the molecule is Cc1cccc(CN(C)c2cccc(Cl)c2N)n1. The van der Waals surface area contributed by atoms with Gasteiger partial charge in [0.2, 0.25) is 0 Å². The molecule has 0 spiro atoms. The number of nitrogens with two attached hydrogens (primary N) is 1. The van der Waals surface area contributed by atoms with Crippen molar-refractivity contribution in [3.63, 3.8) is 0 Å². The van der Waals surface area contributed by atoms with Crippen LogP contribution in [0.2, 0.25) is 5.02 Å². The number of hydrogen-bond donors (Lipinski definition) is 1. The van der Waals surface area contributed by atoms with Crippen molar-refractivity contribution in [2.75, 3.05) is 17.7 Å². The van der Waals surface area contributed by atoms with Gasteiger partial charge in [-0.05, 0) is 31.2 Å². The Hall–Kier alpha value is -1.74. The van der Waals surface area contributed by atoms with Crippen molar-refractivity contribution in [3.05, 3.63) is 52.8 Å². The summed E-state index contributed by atoms with van der Waals surface area (Å²) in [7, 11) is 1.98. The third-order valence-corrected chi connectivity index (χ3v) is 3.12. The van der Waals surface area contributed by atoms with Gasteiger partial charge in [-0.1, -0.05) is 23.7 Å². The summed E-state index contributed by atoms with van der Waals surface area (Å²) in [5.74, 6) is 0. The highest BCUT2D eigenvalue weighted by Gasteiger charge is 2.08. The molecular weight excluding hydrogens is 246 g/mol. The predicted octanol–water partition coefficient (Wildman–Crippen LogP) is 3.26. The van der Waals surface area contributed by atoms with Gasteiger partial charge in [0.25, 0.3) is 0 Å². The van der Waals surface area contributed by atoms with Gasteiger partial charge in [0.05, 0.1) is 28.6 Å². The number of aryl methyl sites for hydroxylation is 1. The minimum absolute atomic E-state index is 0.580. The molecule has 94 valence electrons. The average Bonchev–Trinajstić information content (AvgIpc) is 2.32. The van der Waals surface area contributed by atoms with E-state index in [4.69, 9.17) is 17.3 Å². The van der Waals surface area contributed by atoms with Gasteiger partial charge in [-0.15, -0.1) is 0 Å². The summed E-state index contributed by atoms with van der Waals surface area (Å²) in [5.41, 5.74) is 9.53. The number of para-hydroxylation sites is 1. The van der Waals surface area contributed by atoms with Gasteiger partial charge in [0.1, 0.15) is 0 Å². The Kier molecular flexibility index (Phi) is 3.72. The lowest BCUT2D eigenvalue weighted by Crippen LogP contribution is -2.18. The van der Waals surface area contributed by atoms with E-state index in [2.05, 4.69) is 4.98 Å². The van der Waals surface area contributed by atoms with Crippen LogP contribution in [0.15, 0.2) is 36.4 Å². The van der Waals surface area contributed by atoms with Crippen molar-refractivity contribution in [1.29, 1.82) is 0 Å². The number of benzene rings is 1. The first-order valence-corrected chi connectivity index (χ1v) is 6.13. The number of anilines is 2. The first-order chi connectivity index (χ1) is 8.58. The smallest absolute Gasteiger partial charge is 0.0741 e. The molecule has 2 N–H and O–H groups in total. The number of hydrogen-bond acceptors (Lipinski definition) is 3. The molecule has 1 aromatic carbocycles. The number of aromatic nitrogens is 1. The molecule has 0 saturated carbocycles. The zero-order chi connectivity index (χ0) is 13.1. The Labute approximate surface area is 112 Å². The second-order valence-electron chi connectivity index (χ2n) is 4.30. The molecule has 0 atom stereocenters. The van der Waals surface area contributed by atoms with Crippen molar-refractivity contribution in [2.45, 2.75) is 13.5 Å².